The Balaban J connectivity index is 2.26. The minimum atomic E-state index is -0.782. The first-order valence-corrected chi connectivity index (χ1v) is 6.17. The van der Waals surface area contributed by atoms with E-state index in [1.807, 2.05) is 37.3 Å². The first-order chi connectivity index (χ1) is 7.77. The van der Waals surface area contributed by atoms with Gasteiger partial charge in [0.05, 0.1) is 6.10 Å². The molecular formula is C14H20O2. The normalized spacial score (nSPS) is 30.2. The Hall–Kier alpha value is -0.860. The third kappa shape index (κ3) is 2.13. The summed E-state index contributed by atoms with van der Waals surface area (Å²) in [6.07, 6.45) is 3.95. The van der Waals surface area contributed by atoms with E-state index >= 15 is 0 Å². The van der Waals surface area contributed by atoms with Crippen molar-refractivity contribution < 1.29 is 9.84 Å². The van der Waals surface area contributed by atoms with E-state index in [1.54, 1.807) is 0 Å². The molecule has 0 spiro atoms. The van der Waals surface area contributed by atoms with E-state index in [0.717, 1.165) is 31.2 Å². The van der Waals surface area contributed by atoms with Crippen molar-refractivity contribution in [2.45, 2.75) is 44.3 Å². The maximum absolute atomic E-state index is 10.8. The summed E-state index contributed by atoms with van der Waals surface area (Å²) in [5, 5.41) is 10.8. The molecule has 1 aliphatic carbocycles. The Morgan fingerprint density at radius 3 is 2.75 bits per heavy atom. The summed E-state index contributed by atoms with van der Waals surface area (Å²) >= 11 is 0. The predicted octanol–water partition coefficient (Wildman–Crippen LogP) is 2.85. The van der Waals surface area contributed by atoms with E-state index in [0.29, 0.717) is 6.61 Å². The first kappa shape index (κ1) is 11.6. The highest BCUT2D eigenvalue weighted by Gasteiger charge is 2.40. The van der Waals surface area contributed by atoms with E-state index < -0.39 is 5.60 Å². The minimum absolute atomic E-state index is 0.0475. The Morgan fingerprint density at radius 2 is 2.06 bits per heavy atom. The van der Waals surface area contributed by atoms with Crippen LogP contribution in [0.3, 0.4) is 0 Å². The minimum Gasteiger partial charge on any atom is -0.382 e. The van der Waals surface area contributed by atoms with Crippen LogP contribution >= 0.6 is 0 Å². The Labute approximate surface area is 97.3 Å². The zero-order valence-electron chi connectivity index (χ0n) is 9.86. The molecule has 2 nitrogen and oxygen atoms in total. The third-order valence-corrected chi connectivity index (χ3v) is 3.45. The van der Waals surface area contributed by atoms with E-state index in [4.69, 9.17) is 4.74 Å². The molecule has 1 N–H and O–H groups in total. The molecule has 1 fully saturated rings. The number of benzene rings is 1. The van der Waals surface area contributed by atoms with Gasteiger partial charge in [-0.25, -0.2) is 0 Å². The van der Waals surface area contributed by atoms with Crippen LogP contribution in [0.25, 0.3) is 0 Å². The van der Waals surface area contributed by atoms with Gasteiger partial charge in [-0.05, 0) is 25.3 Å². The second kappa shape index (κ2) is 4.98. The molecule has 0 saturated heterocycles. The van der Waals surface area contributed by atoms with Crippen molar-refractivity contribution in [3.63, 3.8) is 0 Å². The smallest absolute Gasteiger partial charge is 0.116 e. The fourth-order valence-corrected chi connectivity index (χ4v) is 2.60. The summed E-state index contributed by atoms with van der Waals surface area (Å²) in [7, 11) is 0. The van der Waals surface area contributed by atoms with Crippen LogP contribution in [0.2, 0.25) is 0 Å². The van der Waals surface area contributed by atoms with E-state index in [2.05, 4.69) is 0 Å². The van der Waals surface area contributed by atoms with E-state index in [9.17, 15) is 5.11 Å². The molecule has 1 aromatic rings. The molecule has 1 aromatic carbocycles. The van der Waals surface area contributed by atoms with Gasteiger partial charge in [-0.1, -0.05) is 43.2 Å². The topological polar surface area (TPSA) is 29.5 Å². The molecule has 0 aromatic heterocycles. The molecule has 88 valence electrons. The second-order valence-electron chi connectivity index (χ2n) is 4.48. The highest BCUT2D eigenvalue weighted by molar-refractivity contribution is 5.24. The van der Waals surface area contributed by atoms with Gasteiger partial charge in [-0.2, -0.15) is 0 Å². The van der Waals surface area contributed by atoms with Crippen LogP contribution in [0.4, 0.5) is 0 Å². The van der Waals surface area contributed by atoms with Gasteiger partial charge in [-0.3, -0.25) is 0 Å². The van der Waals surface area contributed by atoms with Crippen LogP contribution in [-0.2, 0) is 10.3 Å². The van der Waals surface area contributed by atoms with Crippen LogP contribution in [0.5, 0.6) is 0 Å². The van der Waals surface area contributed by atoms with Crippen LogP contribution in [-0.4, -0.2) is 17.8 Å². The van der Waals surface area contributed by atoms with Crippen LogP contribution < -0.4 is 0 Å². The summed E-state index contributed by atoms with van der Waals surface area (Å²) in [4.78, 5) is 0. The van der Waals surface area contributed by atoms with Crippen molar-refractivity contribution in [2.24, 2.45) is 0 Å². The van der Waals surface area contributed by atoms with Crippen LogP contribution in [0.1, 0.15) is 38.2 Å². The maximum atomic E-state index is 10.8. The molecule has 1 saturated carbocycles. The zero-order valence-corrected chi connectivity index (χ0v) is 9.86. The predicted molar refractivity (Wildman–Crippen MR) is 64.2 cm³/mol. The molecule has 0 heterocycles. The second-order valence-corrected chi connectivity index (χ2v) is 4.48. The average Bonchev–Trinajstić information content (AvgIpc) is 2.34. The largest absolute Gasteiger partial charge is 0.382 e. The lowest BCUT2D eigenvalue weighted by atomic mass is 9.77. The van der Waals surface area contributed by atoms with Crippen LogP contribution in [0, 0.1) is 0 Å². The summed E-state index contributed by atoms with van der Waals surface area (Å²) in [6.45, 7) is 2.65. The van der Waals surface area contributed by atoms with Gasteiger partial charge in [0.25, 0.3) is 0 Å². The number of rotatable bonds is 3. The molecule has 0 unspecified atom stereocenters. The average molecular weight is 220 g/mol. The summed E-state index contributed by atoms with van der Waals surface area (Å²) < 4.78 is 5.70. The molecule has 0 radical (unpaired) electrons. The molecule has 1 aliphatic rings. The molecule has 0 amide bonds. The van der Waals surface area contributed by atoms with Gasteiger partial charge in [0, 0.05) is 6.61 Å². The Kier molecular flexibility index (Phi) is 3.62. The lowest BCUT2D eigenvalue weighted by molar-refractivity contribution is -0.134. The van der Waals surface area contributed by atoms with Gasteiger partial charge >= 0.3 is 0 Å². The van der Waals surface area contributed by atoms with Gasteiger partial charge in [0.2, 0.25) is 0 Å². The van der Waals surface area contributed by atoms with Crippen molar-refractivity contribution in [3.05, 3.63) is 35.9 Å². The zero-order chi connectivity index (χ0) is 11.4. The Morgan fingerprint density at radius 1 is 1.31 bits per heavy atom. The molecule has 2 heteroatoms. The lowest BCUT2D eigenvalue weighted by Gasteiger charge is -2.40. The number of aliphatic hydroxyl groups is 1. The van der Waals surface area contributed by atoms with Crippen molar-refractivity contribution >= 4 is 0 Å². The number of hydrogen-bond donors (Lipinski definition) is 1. The molecule has 2 atom stereocenters. The van der Waals surface area contributed by atoms with Gasteiger partial charge < -0.3 is 9.84 Å². The fourth-order valence-electron chi connectivity index (χ4n) is 2.60. The SMILES string of the molecule is CCO[C@@H]1CCCC[C@]1(O)c1ccccc1. The van der Waals surface area contributed by atoms with Crippen LogP contribution in [0.15, 0.2) is 30.3 Å². The number of ether oxygens (including phenoxy) is 1. The first-order valence-electron chi connectivity index (χ1n) is 6.17. The van der Waals surface area contributed by atoms with Crippen molar-refractivity contribution in [1.82, 2.24) is 0 Å². The van der Waals surface area contributed by atoms with Gasteiger partial charge in [0.15, 0.2) is 0 Å². The Bertz CT molecular complexity index is 321. The summed E-state index contributed by atoms with van der Waals surface area (Å²) in [6, 6.07) is 9.93. The van der Waals surface area contributed by atoms with Crippen molar-refractivity contribution in [2.75, 3.05) is 6.61 Å². The third-order valence-electron chi connectivity index (χ3n) is 3.45. The van der Waals surface area contributed by atoms with Gasteiger partial charge in [0.1, 0.15) is 5.60 Å². The maximum Gasteiger partial charge on any atom is 0.116 e. The molecule has 16 heavy (non-hydrogen) atoms. The highest BCUT2D eigenvalue weighted by atomic mass is 16.5. The molecule has 2 rings (SSSR count). The van der Waals surface area contributed by atoms with E-state index in [-0.39, 0.29) is 6.10 Å². The lowest BCUT2D eigenvalue weighted by Crippen LogP contribution is -2.43. The standard InChI is InChI=1S/C14H20O2/c1-2-16-13-10-6-7-11-14(13,15)12-8-4-3-5-9-12/h3-5,8-9,13,15H,2,6-7,10-11H2,1H3/t13-,14+/m1/s1. The summed E-state index contributed by atoms with van der Waals surface area (Å²) in [5.41, 5.74) is 0.211. The van der Waals surface area contributed by atoms with E-state index in [1.165, 1.54) is 0 Å². The fraction of sp³-hybridized carbons (Fsp3) is 0.571. The quantitative estimate of drug-likeness (QED) is 0.848. The highest BCUT2D eigenvalue weighted by Crippen LogP contribution is 2.38. The number of hydrogen-bond acceptors (Lipinski definition) is 2. The molecular weight excluding hydrogens is 200 g/mol. The molecule has 0 bridgehead atoms. The molecule has 0 aliphatic heterocycles. The van der Waals surface area contributed by atoms with Crippen molar-refractivity contribution in [3.8, 4) is 0 Å². The van der Waals surface area contributed by atoms with Gasteiger partial charge in [-0.15, -0.1) is 0 Å². The summed E-state index contributed by atoms with van der Waals surface area (Å²) in [5.74, 6) is 0. The monoisotopic (exact) mass is 220 g/mol. The van der Waals surface area contributed by atoms with Crippen molar-refractivity contribution in [1.29, 1.82) is 0 Å².